The van der Waals surface area contributed by atoms with Gasteiger partial charge in [-0.3, -0.25) is 0 Å². The van der Waals surface area contributed by atoms with Crippen molar-refractivity contribution < 1.29 is 128 Å². The van der Waals surface area contributed by atoms with Gasteiger partial charge in [-0.25, -0.2) is 0 Å². The zero-order valence-electron chi connectivity index (χ0n) is 17.0. The number of nitrogens with zero attached hydrogens (tertiary/aromatic N) is 1. The fraction of sp³-hybridized carbons (Fsp3) is 1.00. The highest BCUT2D eigenvalue weighted by Gasteiger charge is 3.01. The molecule has 0 aromatic rings. The Kier molecular flexibility index (Phi) is 8.57. The number of hydrogen-bond donors (Lipinski definition) is 0. The van der Waals surface area contributed by atoms with Crippen LogP contribution in [-0.2, 0) is 0 Å². The SMILES string of the molecule is FC(F)(F)C(F)(F)C(F)(F)C(F)(F)C(F)(F)C(F)(F)C(F)(F)C(F)(F)C(F)(F)C(F)(F)C(F)(F)C(F)(F)[N+](F)(F)F. The van der Waals surface area contributed by atoms with Crippen LogP contribution < -0.4 is 0 Å². The van der Waals surface area contributed by atoms with E-state index in [2.05, 4.69) is 0 Å². The average Bonchev–Trinajstić information content (AvgIpc) is 2.70. The summed E-state index contributed by atoms with van der Waals surface area (Å²) in [5.74, 6) is -95.0. The summed E-state index contributed by atoms with van der Waals surface area (Å²) in [6, 6.07) is -8.81. The second-order valence-electron chi connectivity index (χ2n) is 7.23. The van der Waals surface area contributed by atoms with Gasteiger partial charge in [-0.15, -0.1) is 8.78 Å². The normalized spacial score (nSPS) is 17.3. The van der Waals surface area contributed by atoms with E-state index in [0.717, 1.165) is 0 Å². The van der Waals surface area contributed by atoms with E-state index in [9.17, 15) is 123 Å². The Morgan fingerprint density at radius 1 is 0.220 bits per heavy atom. The fourth-order valence-corrected chi connectivity index (χ4v) is 2.10. The molecule has 0 bridgehead atoms. The Morgan fingerprint density at radius 3 is 0.512 bits per heavy atom. The van der Waals surface area contributed by atoms with E-state index in [4.69, 9.17) is 0 Å². The molecule has 0 heterocycles. The maximum atomic E-state index is 13.4. The van der Waals surface area contributed by atoms with Gasteiger partial charge in [0.1, 0.15) is 0 Å². The summed E-state index contributed by atoms with van der Waals surface area (Å²) < 4.78 is 360. The summed E-state index contributed by atoms with van der Waals surface area (Å²) in [6.07, 6.45) is -8.25. The smallest absolute Gasteiger partial charge is 0.192 e. The third kappa shape index (κ3) is 4.38. The van der Waals surface area contributed by atoms with Crippen molar-refractivity contribution in [2.75, 3.05) is 0 Å². The van der Waals surface area contributed by atoms with Crippen LogP contribution in [-0.4, -0.2) is 76.6 Å². The molecule has 0 aliphatic carbocycles. The van der Waals surface area contributed by atoms with Crippen LogP contribution >= 0.6 is 0 Å². The summed E-state index contributed by atoms with van der Waals surface area (Å²) in [7, 11) is 0. The molecule has 0 saturated heterocycles. The third-order valence-electron chi connectivity index (χ3n) is 4.60. The first-order chi connectivity index (χ1) is 17.0. The van der Waals surface area contributed by atoms with E-state index < -0.39 is 76.6 Å². The van der Waals surface area contributed by atoms with Gasteiger partial charge in [-0.05, 0) is 0 Å². The first kappa shape index (κ1) is 39.0. The lowest BCUT2D eigenvalue weighted by molar-refractivity contribution is -1.32. The molecule has 0 unspecified atom stereocenters. The molecular weight excluding hydrogens is 690 g/mol. The molecule has 0 radical (unpaired) electrons. The Hall–Kier alpha value is -2.00. The van der Waals surface area contributed by atoms with Crippen molar-refractivity contribution in [1.82, 2.24) is 0 Å². The van der Waals surface area contributed by atoms with Crippen LogP contribution in [0.3, 0.4) is 0 Å². The first-order valence-electron chi connectivity index (χ1n) is 8.21. The molecule has 29 heteroatoms. The molecule has 0 atom stereocenters. The number of alkyl halides is 25. The average molecular weight is 690 g/mol. The van der Waals surface area contributed by atoms with Gasteiger partial charge in [0, 0.05) is 0 Å². The van der Waals surface area contributed by atoms with Gasteiger partial charge in [-0.2, -0.15) is 101 Å². The monoisotopic (exact) mass is 690 g/mol. The highest BCUT2D eigenvalue weighted by atomic mass is 19.6. The minimum Gasteiger partial charge on any atom is -0.192 e. The molecule has 0 aliphatic heterocycles. The third-order valence-corrected chi connectivity index (χ3v) is 4.60. The lowest BCUT2D eigenvalue weighted by Gasteiger charge is -2.45. The van der Waals surface area contributed by atoms with E-state index in [-0.39, 0.29) is 0 Å². The van der Waals surface area contributed by atoms with Crippen molar-refractivity contribution in [3.63, 3.8) is 0 Å². The molecule has 248 valence electrons. The van der Waals surface area contributed by atoms with Gasteiger partial charge < -0.3 is 0 Å². The molecule has 0 N–H and O–H groups in total. The summed E-state index contributed by atoms with van der Waals surface area (Å²) in [6.45, 7) is 0. The quantitative estimate of drug-likeness (QED) is 0.115. The van der Waals surface area contributed by atoms with Crippen molar-refractivity contribution >= 4 is 0 Å². The Labute approximate surface area is 201 Å². The second-order valence-corrected chi connectivity index (χ2v) is 7.23. The lowest BCUT2D eigenvalue weighted by Crippen LogP contribution is -2.78. The summed E-state index contributed by atoms with van der Waals surface area (Å²) in [4.78, 5) is 0. The van der Waals surface area contributed by atoms with Crippen molar-refractivity contribution in [3.05, 3.63) is 0 Å². The van der Waals surface area contributed by atoms with Gasteiger partial charge in [0.15, 0.2) is 0 Å². The van der Waals surface area contributed by atoms with Crippen LogP contribution in [0.5, 0.6) is 0 Å². The van der Waals surface area contributed by atoms with Crippen LogP contribution in [0.25, 0.3) is 0 Å². The van der Waals surface area contributed by atoms with Crippen LogP contribution in [0.15, 0.2) is 0 Å². The van der Waals surface area contributed by atoms with Crippen molar-refractivity contribution in [1.29, 1.82) is 0 Å². The summed E-state index contributed by atoms with van der Waals surface area (Å²) in [5, 5.41) is -7.50. The van der Waals surface area contributed by atoms with Crippen LogP contribution in [0.4, 0.5) is 123 Å². The van der Waals surface area contributed by atoms with E-state index in [1.165, 1.54) is 0 Å². The maximum Gasteiger partial charge on any atom is 0.576 e. The highest BCUT2D eigenvalue weighted by molar-refractivity contribution is 5.19. The van der Waals surface area contributed by atoms with Crippen LogP contribution in [0, 0.1) is 0 Å². The first-order valence-corrected chi connectivity index (χ1v) is 8.21. The fourth-order valence-electron chi connectivity index (χ4n) is 2.10. The van der Waals surface area contributed by atoms with E-state index >= 15 is 0 Å². The number of quaternary nitrogens is 1. The number of rotatable bonds is 11. The van der Waals surface area contributed by atoms with E-state index in [0.29, 0.717) is 0 Å². The maximum absolute atomic E-state index is 13.4. The predicted molar refractivity (Wildman–Crippen MR) is 64.1 cm³/mol. The number of hydrogen-bond acceptors (Lipinski definition) is 0. The van der Waals surface area contributed by atoms with Crippen LogP contribution in [0.2, 0.25) is 0 Å². The van der Waals surface area contributed by atoms with Gasteiger partial charge in [-0.1, -0.05) is 0 Å². The largest absolute Gasteiger partial charge is 0.576 e. The Balaban J connectivity index is 7.41. The van der Waals surface area contributed by atoms with Gasteiger partial charge >= 0.3 is 76.6 Å². The van der Waals surface area contributed by atoms with Crippen molar-refractivity contribution in [2.24, 2.45) is 0 Å². The summed E-state index contributed by atoms with van der Waals surface area (Å²) >= 11 is 0. The topological polar surface area (TPSA) is 0 Å². The molecule has 0 spiro atoms. The number of halogens is 28. The Morgan fingerprint density at radius 2 is 0.366 bits per heavy atom. The zero-order valence-corrected chi connectivity index (χ0v) is 17.0. The Bertz CT molecular complexity index is 884. The minimum absolute atomic E-state index is 7.50. The van der Waals surface area contributed by atoms with Crippen molar-refractivity contribution in [2.45, 2.75) is 71.4 Å². The highest BCUT2D eigenvalue weighted by Crippen LogP contribution is 2.68. The summed E-state index contributed by atoms with van der Waals surface area (Å²) in [5.41, 5.74) is 0. The van der Waals surface area contributed by atoms with Crippen molar-refractivity contribution in [3.8, 4) is 0 Å². The van der Waals surface area contributed by atoms with Crippen LogP contribution in [0.1, 0.15) is 0 Å². The lowest BCUT2D eigenvalue weighted by atomic mass is 9.85. The molecule has 0 aliphatic rings. The van der Waals surface area contributed by atoms with Gasteiger partial charge in [0.25, 0.3) is 0 Å². The molecule has 0 rings (SSSR count). The van der Waals surface area contributed by atoms with Gasteiger partial charge in [0.2, 0.25) is 0 Å². The molecular formula is C12F28N+. The molecule has 41 heavy (non-hydrogen) atoms. The minimum atomic E-state index is -9.83. The standard InChI is InChI=1S/C12F28N/c13-1(14,3(17,18)5(21,22)7(25,26)9(29,30)11(33,34)35)2(15,16)4(19,20)6(23,24)8(27,28)10(31,32)12(36,37)41(38,39)40/q+1. The second kappa shape index (κ2) is 9.01. The molecule has 0 fully saturated rings. The molecule has 0 saturated carbocycles. The van der Waals surface area contributed by atoms with Gasteiger partial charge in [0.05, 0.1) is 13.4 Å². The van der Waals surface area contributed by atoms with E-state index in [1.54, 1.807) is 0 Å². The molecule has 0 aromatic carbocycles. The molecule has 0 amide bonds. The predicted octanol–water partition coefficient (Wildman–Crippen LogP) is 8.96. The molecule has 1 nitrogen and oxygen atoms in total. The molecule has 0 aromatic heterocycles. The zero-order chi connectivity index (χ0) is 34.5. The van der Waals surface area contributed by atoms with E-state index in [1.807, 2.05) is 0 Å².